The molecule has 5 heteroatoms. The number of aromatic amines is 1. The minimum atomic E-state index is -0.344. The zero-order chi connectivity index (χ0) is 17.9. The van der Waals surface area contributed by atoms with Crippen LogP contribution in [0.3, 0.4) is 0 Å². The summed E-state index contributed by atoms with van der Waals surface area (Å²) in [4.78, 5) is 0. The van der Waals surface area contributed by atoms with Crippen molar-refractivity contribution in [3.05, 3.63) is 41.7 Å². The van der Waals surface area contributed by atoms with Gasteiger partial charge in [-0.15, -0.1) is 0 Å². The van der Waals surface area contributed by atoms with Gasteiger partial charge in [0.2, 0.25) is 0 Å². The van der Waals surface area contributed by atoms with Crippen molar-refractivity contribution in [2.24, 2.45) is 0 Å². The maximum absolute atomic E-state index is 10.0. The molecule has 0 saturated heterocycles. The summed E-state index contributed by atoms with van der Waals surface area (Å²) in [6.07, 6.45) is 5.45. The lowest BCUT2D eigenvalue weighted by Gasteiger charge is -2.28. The van der Waals surface area contributed by atoms with Gasteiger partial charge in [0.1, 0.15) is 11.9 Å². The first-order valence-electron chi connectivity index (χ1n) is 9.15. The lowest BCUT2D eigenvalue weighted by molar-refractivity contribution is 0.00688. The fourth-order valence-electron chi connectivity index (χ4n) is 3.33. The molecule has 0 amide bonds. The predicted molar refractivity (Wildman–Crippen MR) is 99.9 cm³/mol. The minimum Gasteiger partial charge on any atom is -0.488 e. The number of hydrogen-bond acceptors (Lipinski definition) is 4. The number of ether oxygens (including phenoxy) is 1. The number of aliphatic hydroxyl groups excluding tert-OH is 1. The summed E-state index contributed by atoms with van der Waals surface area (Å²) in [5.74, 6) is 0.815. The first-order valence-corrected chi connectivity index (χ1v) is 9.15. The molecule has 1 saturated carbocycles. The van der Waals surface area contributed by atoms with E-state index in [1.54, 1.807) is 0 Å². The molecule has 2 unspecified atom stereocenters. The van der Waals surface area contributed by atoms with Crippen LogP contribution >= 0.6 is 0 Å². The number of aliphatic hydroxyl groups is 1. The summed E-state index contributed by atoms with van der Waals surface area (Å²) >= 11 is 0. The van der Waals surface area contributed by atoms with Crippen molar-refractivity contribution in [3.63, 3.8) is 0 Å². The fourth-order valence-corrected chi connectivity index (χ4v) is 3.33. The van der Waals surface area contributed by atoms with Crippen LogP contribution in [0.15, 0.2) is 30.5 Å². The van der Waals surface area contributed by atoms with Crippen molar-refractivity contribution in [1.29, 1.82) is 0 Å². The van der Waals surface area contributed by atoms with Crippen molar-refractivity contribution in [1.82, 2.24) is 10.2 Å². The lowest BCUT2D eigenvalue weighted by Crippen LogP contribution is -2.34. The highest BCUT2D eigenvalue weighted by Gasteiger charge is 2.24. The maximum Gasteiger partial charge on any atom is 0.124 e. The topological polar surface area (TPSA) is 70.2 Å². The molecule has 1 aromatic carbocycles. The van der Waals surface area contributed by atoms with Crippen LogP contribution in [0.5, 0.6) is 5.75 Å². The number of H-pyrrole nitrogens is 1. The third-order valence-corrected chi connectivity index (χ3v) is 4.76. The smallest absolute Gasteiger partial charge is 0.124 e. The van der Waals surface area contributed by atoms with E-state index in [9.17, 15) is 5.11 Å². The molecule has 3 N–H and O–H groups in total. The van der Waals surface area contributed by atoms with Crippen molar-refractivity contribution in [2.45, 2.75) is 70.6 Å². The Hall–Kier alpha value is -2.01. The largest absolute Gasteiger partial charge is 0.488 e. The molecule has 2 aromatic rings. The van der Waals surface area contributed by atoms with Gasteiger partial charge in [-0.1, -0.05) is 27.2 Å². The Morgan fingerprint density at radius 3 is 2.60 bits per heavy atom. The van der Waals surface area contributed by atoms with Crippen molar-refractivity contribution < 1.29 is 9.84 Å². The van der Waals surface area contributed by atoms with Gasteiger partial charge in [0.15, 0.2) is 0 Å². The van der Waals surface area contributed by atoms with E-state index >= 15 is 0 Å². The third-order valence-electron chi connectivity index (χ3n) is 4.76. The van der Waals surface area contributed by atoms with E-state index in [-0.39, 0.29) is 17.6 Å². The second-order valence-corrected chi connectivity index (χ2v) is 7.91. The SMILES string of the molecule is CC(C)(C)c1[nH]ncc1CNc1ccc(OC2CCCCC2O)cc1. The molecule has 1 aliphatic rings. The molecular formula is C20H29N3O2. The van der Waals surface area contributed by atoms with Gasteiger partial charge in [-0.05, 0) is 43.5 Å². The summed E-state index contributed by atoms with van der Waals surface area (Å²) < 4.78 is 5.94. The molecule has 2 atom stereocenters. The monoisotopic (exact) mass is 343 g/mol. The number of rotatable bonds is 5. The molecular weight excluding hydrogens is 314 g/mol. The normalized spacial score (nSPS) is 21.1. The standard InChI is InChI=1S/C20H29N3O2/c1-20(2,3)19-14(13-22-23-19)12-21-15-8-10-16(11-9-15)25-18-7-5-4-6-17(18)24/h8-11,13,17-18,21,24H,4-7,12H2,1-3H3,(H,22,23). The van der Waals surface area contributed by atoms with Crippen LogP contribution in [0.4, 0.5) is 5.69 Å². The van der Waals surface area contributed by atoms with Crippen molar-refractivity contribution >= 4 is 5.69 Å². The zero-order valence-electron chi connectivity index (χ0n) is 15.4. The van der Waals surface area contributed by atoms with Crippen LogP contribution in [0.25, 0.3) is 0 Å². The molecule has 5 nitrogen and oxygen atoms in total. The minimum absolute atomic E-state index is 0.0477. The molecule has 0 radical (unpaired) electrons. The zero-order valence-corrected chi connectivity index (χ0v) is 15.4. The van der Waals surface area contributed by atoms with E-state index < -0.39 is 0 Å². The van der Waals surface area contributed by atoms with Crippen LogP contribution in [0.2, 0.25) is 0 Å². The number of nitrogens with zero attached hydrogens (tertiary/aromatic N) is 1. The predicted octanol–water partition coefficient (Wildman–Crippen LogP) is 4.00. The van der Waals surface area contributed by atoms with Crippen LogP contribution in [-0.4, -0.2) is 27.5 Å². The van der Waals surface area contributed by atoms with Gasteiger partial charge < -0.3 is 15.2 Å². The van der Waals surface area contributed by atoms with E-state index in [0.29, 0.717) is 0 Å². The Bertz CT molecular complexity index is 673. The average Bonchev–Trinajstić information content (AvgIpc) is 3.05. The summed E-state index contributed by atoms with van der Waals surface area (Å²) in [5.41, 5.74) is 3.42. The highest BCUT2D eigenvalue weighted by molar-refractivity contribution is 5.47. The summed E-state index contributed by atoms with van der Waals surface area (Å²) in [7, 11) is 0. The molecule has 0 bridgehead atoms. The molecule has 1 fully saturated rings. The number of hydrogen-bond donors (Lipinski definition) is 3. The Morgan fingerprint density at radius 1 is 1.20 bits per heavy atom. The molecule has 0 spiro atoms. The number of nitrogens with one attached hydrogen (secondary N) is 2. The van der Waals surface area contributed by atoms with Crippen LogP contribution < -0.4 is 10.1 Å². The summed E-state index contributed by atoms with van der Waals surface area (Å²) in [6.45, 7) is 7.26. The van der Waals surface area contributed by atoms with Gasteiger partial charge in [-0.3, -0.25) is 5.10 Å². The van der Waals surface area contributed by atoms with E-state index in [2.05, 4.69) is 36.3 Å². The quantitative estimate of drug-likeness (QED) is 0.767. The fraction of sp³-hybridized carbons (Fsp3) is 0.550. The van der Waals surface area contributed by atoms with E-state index in [0.717, 1.165) is 49.4 Å². The molecule has 25 heavy (non-hydrogen) atoms. The second kappa shape index (κ2) is 7.48. The van der Waals surface area contributed by atoms with Gasteiger partial charge in [-0.25, -0.2) is 0 Å². The van der Waals surface area contributed by atoms with E-state index in [1.165, 1.54) is 5.56 Å². The molecule has 1 aliphatic carbocycles. The maximum atomic E-state index is 10.0. The molecule has 1 heterocycles. The molecule has 136 valence electrons. The lowest BCUT2D eigenvalue weighted by atomic mass is 9.89. The highest BCUT2D eigenvalue weighted by Crippen LogP contribution is 2.26. The van der Waals surface area contributed by atoms with Crippen molar-refractivity contribution in [3.8, 4) is 5.75 Å². The Labute approximate surface area is 149 Å². The highest BCUT2D eigenvalue weighted by atomic mass is 16.5. The first-order chi connectivity index (χ1) is 11.9. The van der Waals surface area contributed by atoms with E-state index in [4.69, 9.17) is 4.74 Å². The van der Waals surface area contributed by atoms with Gasteiger partial charge >= 0.3 is 0 Å². The number of anilines is 1. The average molecular weight is 343 g/mol. The Morgan fingerprint density at radius 2 is 1.92 bits per heavy atom. The Balaban J connectivity index is 1.57. The molecule has 3 rings (SSSR count). The molecule has 1 aromatic heterocycles. The Kier molecular flexibility index (Phi) is 5.33. The van der Waals surface area contributed by atoms with Gasteiger partial charge in [0.25, 0.3) is 0 Å². The number of benzene rings is 1. The first kappa shape index (κ1) is 17.8. The molecule has 0 aliphatic heterocycles. The number of aromatic nitrogens is 2. The van der Waals surface area contributed by atoms with Crippen molar-refractivity contribution in [2.75, 3.05) is 5.32 Å². The van der Waals surface area contributed by atoms with Crippen LogP contribution in [0, 0.1) is 0 Å². The van der Waals surface area contributed by atoms with Gasteiger partial charge in [0, 0.05) is 28.9 Å². The van der Waals surface area contributed by atoms with Crippen LogP contribution in [0.1, 0.15) is 57.7 Å². The summed E-state index contributed by atoms with van der Waals surface area (Å²) in [6, 6.07) is 7.95. The van der Waals surface area contributed by atoms with Crippen LogP contribution in [-0.2, 0) is 12.0 Å². The van der Waals surface area contributed by atoms with Gasteiger partial charge in [-0.2, -0.15) is 5.10 Å². The van der Waals surface area contributed by atoms with Gasteiger partial charge in [0.05, 0.1) is 12.3 Å². The third kappa shape index (κ3) is 4.54. The second-order valence-electron chi connectivity index (χ2n) is 7.91. The van der Waals surface area contributed by atoms with E-state index in [1.807, 2.05) is 30.5 Å². The summed E-state index contributed by atoms with van der Waals surface area (Å²) in [5, 5.41) is 20.7.